The highest BCUT2D eigenvalue weighted by Gasteiger charge is 2.16. The molecule has 20 nitrogen and oxygen atoms in total. The zero-order valence-electron chi connectivity index (χ0n) is 46.0. The molecule has 6 aromatic carbocycles. The molecule has 27 heteroatoms. The molecule has 9 aromatic rings. The predicted octanol–water partition coefficient (Wildman–Crippen LogP) is 15.6. The Morgan fingerprint density at radius 3 is 1.42 bits per heavy atom. The minimum atomic E-state index is -0.630. The third-order valence-corrected chi connectivity index (χ3v) is 13.0. The van der Waals surface area contributed by atoms with Crippen LogP contribution in [0.4, 0.5) is 22.7 Å². The predicted molar refractivity (Wildman–Crippen MR) is 334 cm³/mol. The van der Waals surface area contributed by atoms with Crippen LogP contribution in [0, 0.1) is 30.9 Å². The van der Waals surface area contributed by atoms with Gasteiger partial charge in [0.05, 0.1) is 37.1 Å². The molecule has 448 valence electrons. The van der Waals surface area contributed by atoms with Gasteiger partial charge in [0.2, 0.25) is 0 Å². The second-order valence-corrected chi connectivity index (χ2v) is 20.7. The monoisotopic (exact) mass is 1310 g/mol. The van der Waals surface area contributed by atoms with Gasteiger partial charge in [-0.2, -0.15) is 0 Å². The number of nitrogens with two attached hydrogens (primary N) is 2. The number of nitro groups is 1. The number of aldehydes is 3. The molecule has 0 aliphatic rings. The number of nitro benzene ring substituents is 1. The highest BCUT2D eigenvalue weighted by molar-refractivity contribution is 6.67. The minimum Gasteiger partial charge on any atom is -0.398 e. The van der Waals surface area contributed by atoms with Gasteiger partial charge in [-0.15, -0.1) is 0 Å². The number of anilines is 3. The first kappa shape index (κ1) is 70.2. The molecule has 9 rings (SSSR count). The summed E-state index contributed by atoms with van der Waals surface area (Å²) in [4.78, 5) is 75.1. The molecule has 0 spiro atoms. The van der Waals surface area contributed by atoms with Gasteiger partial charge in [-0.1, -0.05) is 128 Å². The topological polar surface area (TPSA) is 312 Å². The number of hydrogen-bond donors (Lipinski definition) is 5. The minimum absolute atomic E-state index is 0.0330. The average Bonchev–Trinajstić information content (AvgIpc) is 3.73. The van der Waals surface area contributed by atoms with Gasteiger partial charge in [0.15, 0.2) is 17.1 Å². The van der Waals surface area contributed by atoms with E-state index >= 15 is 0 Å². The molecule has 0 aliphatic carbocycles. The van der Waals surface area contributed by atoms with Gasteiger partial charge in [-0.25, -0.2) is 0 Å². The molecule has 7 N–H and O–H groups in total. The molecule has 3 heterocycles. The van der Waals surface area contributed by atoms with Crippen molar-refractivity contribution in [2.45, 2.75) is 53.2 Å². The zero-order chi connectivity index (χ0) is 63.6. The maximum Gasteiger partial charge on any atom is 0.288 e. The molecule has 2 atom stereocenters. The summed E-state index contributed by atoms with van der Waals surface area (Å²) in [6, 6.07) is 38.8. The maximum atomic E-state index is 12.3. The maximum absolute atomic E-state index is 12.3. The summed E-state index contributed by atoms with van der Waals surface area (Å²) in [5, 5.41) is 31.9. The van der Waals surface area contributed by atoms with E-state index in [1.807, 2.05) is 67.6 Å². The lowest BCUT2D eigenvalue weighted by atomic mass is 10.1. The van der Waals surface area contributed by atoms with Gasteiger partial charge < -0.3 is 41.0 Å². The number of benzene rings is 6. The molecule has 0 unspecified atom stereocenters. The first-order valence-electron chi connectivity index (χ1n) is 24.9. The van der Waals surface area contributed by atoms with Crippen LogP contribution in [0.15, 0.2) is 153 Å². The molecule has 0 radical (unpaired) electrons. The summed E-state index contributed by atoms with van der Waals surface area (Å²) in [5.41, 5.74) is 17.0. The molecule has 2 amide bonds. The number of carbonyl (C=O) groups is 6. The number of aromatic nitrogens is 3. The summed E-state index contributed by atoms with van der Waals surface area (Å²) >= 11 is 40.1. The molecule has 0 aliphatic heterocycles. The Hall–Kier alpha value is -8.28. The summed E-state index contributed by atoms with van der Waals surface area (Å²) in [6.07, 6.45) is 1.93. The fraction of sp³-hybridized carbons (Fsp3) is 0.136. The van der Waals surface area contributed by atoms with Crippen molar-refractivity contribution in [1.82, 2.24) is 20.8 Å². The van der Waals surface area contributed by atoms with Crippen LogP contribution in [0.3, 0.4) is 0 Å². The van der Waals surface area contributed by atoms with Gasteiger partial charge in [0.25, 0.3) is 22.7 Å². The lowest BCUT2D eigenvalue weighted by Gasteiger charge is -2.15. The number of nitrogens with one attached hydrogen (secondary N) is 3. The summed E-state index contributed by atoms with van der Waals surface area (Å²) in [7, 11) is 0. The van der Waals surface area contributed by atoms with Crippen molar-refractivity contribution in [3.05, 3.63) is 248 Å². The van der Waals surface area contributed by atoms with Crippen molar-refractivity contribution in [3.63, 3.8) is 0 Å². The molecule has 0 saturated heterocycles. The Morgan fingerprint density at radius 1 is 0.570 bits per heavy atom. The Kier molecular flexibility index (Phi) is 28.8. The van der Waals surface area contributed by atoms with Gasteiger partial charge in [0.1, 0.15) is 41.2 Å². The van der Waals surface area contributed by atoms with E-state index in [2.05, 4.69) is 42.9 Å². The van der Waals surface area contributed by atoms with Crippen LogP contribution >= 0.6 is 81.2 Å². The van der Waals surface area contributed by atoms with Crippen molar-refractivity contribution in [1.29, 1.82) is 0 Å². The Bertz CT molecular complexity index is 3800. The third-order valence-electron chi connectivity index (χ3n) is 11.0. The van der Waals surface area contributed by atoms with E-state index in [0.717, 1.165) is 34.1 Å². The lowest BCUT2D eigenvalue weighted by Crippen LogP contribution is -2.18. The normalized spacial score (nSPS) is 10.8. The van der Waals surface area contributed by atoms with Crippen LogP contribution in [-0.4, -0.2) is 56.3 Å². The number of amides is 2. The van der Waals surface area contributed by atoms with E-state index in [-0.39, 0.29) is 51.3 Å². The number of hydrogen-bond acceptors (Lipinski definition) is 17. The van der Waals surface area contributed by atoms with Crippen LogP contribution in [0.25, 0.3) is 0 Å². The van der Waals surface area contributed by atoms with Crippen molar-refractivity contribution < 1.29 is 47.3 Å². The van der Waals surface area contributed by atoms with Crippen LogP contribution in [-0.2, 0) is 6.54 Å². The lowest BCUT2D eigenvalue weighted by molar-refractivity contribution is -0.384. The third kappa shape index (κ3) is 23.6. The second-order valence-electron chi connectivity index (χ2n) is 17.8. The van der Waals surface area contributed by atoms with Crippen LogP contribution < -0.4 is 27.4 Å². The molecule has 0 saturated carbocycles. The first-order chi connectivity index (χ1) is 40.8. The van der Waals surface area contributed by atoms with Gasteiger partial charge >= 0.3 is 0 Å². The Balaban J connectivity index is 0.000000234. The van der Waals surface area contributed by atoms with E-state index in [4.69, 9.17) is 102 Å². The van der Waals surface area contributed by atoms with E-state index in [9.17, 15) is 38.9 Å². The molecular formula is C59H52Cl7N9O11. The highest BCUT2D eigenvalue weighted by Crippen LogP contribution is 2.27. The standard InChI is InChI=1S/C20H19Cl2N3O2.C12H9ClN2O3.C8H10ClN.C7H4ClNO3.C7H6ClNO.C5H4ClNO2/c1-12-8-19(25-27-12)20(26)24-18-9-14(6-7-17(18)22)11-23-13(2)15-4-3-5-16(21)10-15;1-7-4-11(15-18-7)12(17)14-10-5-8(6-16)2-3-9(10)13;1-6(10)7-3-2-4-8(9)5-7;8-6-2-1-5(4-10)3-7(6)9(11)12;8-6-2-1-5(4-10)3-7(6)9;1-3-2-4(5(6)8)7-9-3/h3-10,13,23H,11H2,1-2H3,(H,24,26);2-6H,1H3,(H,14,17);2-6H,10H2,1H3;1-4H;1-4H,9H2;2H,1H3/t13-;;6-;;;/m1.1.../s1. The highest BCUT2D eigenvalue weighted by atomic mass is 35.5. The average molecular weight is 1310 g/mol. The fourth-order valence-corrected chi connectivity index (χ4v) is 7.72. The number of aryl methyl sites for hydroxylation is 3. The summed E-state index contributed by atoms with van der Waals surface area (Å²) in [6.45, 7) is 9.71. The number of carbonyl (C=O) groups excluding carboxylic acids is 6. The Labute approximate surface area is 527 Å². The summed E-state index contributed by atoms with van der Waals surface area (Å²) < 4.78 is 14.3. The molecule has 86 heavy (non-hydrogen) atoms. The molecule has 3 aromatic heterocycles. The van der Waals surface area contributed by atoms with Crippen molar-refractivity contribution in [2.75, 3.05) is 16.4 Å². The number of nitrogens with zero attached hydrogens (tertiary/aromatic N) is 4. The molecule has 0 bridgehead atoms. The van der Waals surface area contributed by atoms with Crippen molar-refractivity contribution >= 4 is 140 Å². The number of halogens is 7. The molecular weight excluding hydrogens is 1260 g/mol. The molecule has 0 fully saturated rings. The van der Waals surface area contributed by atoms with Gasteiger partial charge in [-0.3, -0.25) is 38.9 Å². The smallest absolute Gasteiger partial charge is 0.288 e. The van der Waals surface area contributed by atoms with Crippen LogP contribution in [0.1, 0.15) is 122 Å². The van der Waals surface area contributed by atoms with Gasteiger partial charge in [-0.05, 0) is 136 Å². The first-order valence-corrected chi connectivity index (χ1v) is 27.5. The van der Waals surface area contributed by atoms with Gasteiger partial charge in [0, 0.05) is 69.6 Å². The number of rotatable bonds is 14. The number of nitrogen functional groups attached to an aromatic ring is 1. The van der Waals surface area contributed by atoms with E-state index in [1.165, 1.54) is 42.5 Å². The quantitative estimate of drug-likeness (QED) is 0.0222. The Morgan fingerprint density at radius 2 is 1.00 bits per heavy atom. The van der Waals surface area contributed by atoms with Crippen molar-refractivity contribution in [2.24, 2.45) is 5.73 Å². The SMILES string of the molecule is C[C@@H](N)c1cccc(Cl)c1.Cc1cc(C(=O)Cl)no1.Cc1cc(C(=O)Nc2cc(C=O)ccc2Cl)no1.Cc1cc(C(=O)Nc2cc(CN[C@H](C)c3cccc(Cl)c3)ccc2Cl)no1.Nc1cc(C=O)ccc1Cl.O=Cc1ccc(Cl)c([N+](=O)[O-])c1. The van der Waals surface area contributed by atoms with E-state index in [0.29, 0.717) is 84.7 Å². The summed E-state index contributed by atoms with van der Waals surface area (Å²) in [5.74, 6) is 0.869. The fourth-order valence-electron chi connectivity index (χ4n) is 6.60. The van der Waals surface area contributed by atoms with Crippen molar-refractivity contribution in [3.8, 4) is 0 Å². The largest absolute Gasteiger partial charge is 0.398 e. The second kappa shape index (κ2) is 35.2. The zero-order valence-corrected chi connectivity index (χ0v) is 51.2. The van der Waals surface area contributed by atoms with E-state index in [1.54, 1.807) is 51.1 Å². The van der Waals surface area contributed by atoms with Crippen LogP contribution in [0.5, 0.6) is 0 Å². The van der Waals surface area contributed by atoms with E-state index < -0.39 is 16.1 Å². The van der Waals surface area contributed by atoms with Crippen LogP contribution in [0.2, 0.25) is 30.1 Å².